The van der Waals surface area contributed by atoms with Gasteiger partial charge in [0.15, 0.2) is 5.96 Å². The molecule has 11 N–H and O–H groups in total. The molecule has 1 saturated heterocycles. The normalized spacial score (nSPS) is 16.8. The van der Waals surface area contributed by atoms with E-state index in [2.05, 4.69) is 30.6 Å². The van der Waals surface area contributed by atoms with Gasteiger partial charge in [-0.05, 0) is 37.3 Å². The number of carboxylic acid groups (broad SMARTS) is 1. The summed E-state index contributed by atoms with van der Waals surface area (Å²) < 4.78 is 0. The van der Waals surface area contributed by atoms with Crippen molar-refractivity contribution in [2.75, 3.05) is 13.1 Å². The minimum Gasteiger partial charge on any atom is -0.480 e. The summed E-state index contributed by atoms with van der Waals surface area (Å²) in [5.41, 5.74) is 19.0. The number of aliphatic imine (C=N–C) groups is 1. The van der Waals surface area contributed by atoms with Crippen LogP contribution >= 0.6 is 0 Å². The maximum Gasteiger partial charge on any atom is 0.326 e. The molecule has 0 bridgehead atoms. The zero-order valence-corrected chi connectivity index (χ0v) is 23.7. The van der Waals surface area contributed by atoms with Crippen LogP contribution in [0, 0.1) is 0 Å². The van der Waals surface area contributed by atoms with Crippen LogP contribution in [-0.4, -0.2) is 91.9 Å². The second kappa shape index (κ2) is 14.3. The minimum atomic E-state index is -1.27. The number of hydrogen-bond donors (Lipinski definition) is 8. The summed E-state index contributed by atoms with van der Waals surface area (Å²) in [6, 6.07) is 3.46. The number of fused-ring (bicyclic) bond motifs is 1. The highest BCUT2D eigenvalue weighted by molar-refractivity contribution is 5.95. The quantitative estimate of drug-likeness (QED) is 0.0653. The number of hydrogen-bond acceptors (Lipinski definition) is 7. The van der Waals surface area contributed by atoms with Gasteiger partial charge in [0.1, 0.15) is 18.1 Å². The van der Waals surface area contributed by atoms with Crippen molar-refractivity contribution in [3.8, 4) is 0 Å². The maximum absolute atomic E-state index is 13.6. The van der Waals surface area contributed by atoms with Crippen LogP contribution in [0.5, 0.6) is 0 Å². The van der Waals surface area contributed by atoms with Gasteiger partial charge in [0.05, 0.1) is 12.4 Å². The number of benzene rings is 1. The lowest BCUT2D eigenvalue weighted by molar-refractivity contribution is -0.143. The molecule has 4 rings (SSSR count). The Morgan fingerprint density at radius 3 is 2.63 bits per heavy atom. The lowest BCUT2D eigenvalue weighted by Crippen LogP contribution is -2.57. The van der Waals surface area contributed by atoms with E-state index in [4.69, 9.17) is 17.2 Å². The second-order valence-electron chi connectivity index (χ2n) is 10.6. The van der Waals surface area contributed by atoms with Crippen LogP contribution in [-0.2, 0) is 32.0 Å². The number of likely N-dealkylation sites (tertiary alicyclic amines) is 1. The Kier molecular flexibility index (Phi) is 10.3. The Morgan fingerprint density at radius 2 is 1.91 bits per heavy atom. The number of aromatic nitrogens is 3. The molecule has 4 atom stereocenters. The number of nitrogens with two attached hydrogens (primary N) is 3. The van der Waals surface area contributed by atoms with Crippen LogP contribution in [0.3, 0.4) is 0 Å². The molecule has 0 radical (unpaired) electrons. The SMILES string of the molecule is NC(N)=NCCCC(N)C(=O)N1CCCC1C(=O)NC(Cc1c[nH]c2ccccc12)C(=O)NC(Cc1cnc[nH]1)C(=O)O. The molecule has 3 aromatic rings. The molecule has 1 aliphatic rings. The van der Waals surface area contributed by atoms with Gasteiger partial charge >= 0.3 is 5.97 Å². The lowest BCUT2D eigenvalue weighted by atomic mass is 10.0. The molecule has 0 saturated carbocycles. The van der Waals surface area contributed by atoms with Crippen LogP contribution in [0.4, 0.5) is 0 Å². The second-order valence-corrected chi connectivity index (χ2v) is 10.6. The molecule has 230 valence electrons. The van der Waals surface area contributed by atoms with Gasteiger partial charge in [0.2, 0.25) is 17.7 Å². The molecule has 1 aliphatic heterocycles. The van der Waals surface area contributed by atoms with Gasteiger partial charge in [0.25, 0.3) is 0 Å². The number of guanidine groups is 1. The van der Waals surface area contributed by atoms with Crippen molar-refractivity contribution in [3.05, 3.63) is 54.2 Å². The average Bonchev–Trinajstić information content (AvgIpc) is 3.75. The van der Waals surface area contributed by atoms with Crippen LogP contribution in [0.1, 0.15) is 36.9 Å². The number of nitrogens with zero attached hydrogens (tertiary/aromatic N) is 3. The molecule has 0 aliphatic carbocycles. The van der Waals surface area contributed by atoms with Crippen LogP contribution in [0.15, 0.2) is 48.0 Å². The maximum atomic E-state index is 13.6. The van der Waals surface area contributed by atoms with Crippen molar-refractivity contribution in [1.82, 2.24) is 30.5 Å². The number of imidazole rings is 1. The highest BCUT2D eigenvalue weighted by Gasteiger charge is 2.38. The van der Waals surface area contributed by atoms with E-state index >= 15 is 0 Å². The summed E-state index contributed by atoms with van der Waals surface area (Å²) in [5.74, 6) is -2.83. The third kappa shape index (κ3) is 8.09. The number of amides is 3. The Hall–Kier alpha value is -4.92. The Balaban J connectivity index is 1.49. The van der Waals surface area contributed by atoms with E-state index in [1.807, 2.05) is 24.3 Å². The number of nitrogens with one attached hydrogen (secondary N) is 4. The fourth-order valence-corrected chi connectivity index (χ4v) is 5.25. The zero-order chi connectivity index (χ0) is 30.9. The average molecular weight is 595 g/mol. The smallest absolute Gasteiger partial charge is 0.326 e. The van der Waals surface area contributed by atoms with Crippen molar-refractivity contribution in [2.45, 2.75) is 62.7 Å². The number of rotatable bonds is 14. The fourth-order valence-electron chi connectivity index (χ4n) is 5.25. The molecular formula is C28H38N10O5. The van der Waals surface area contributed by atoms with E-state index < -0.39 is 42.0 Å². The van der Waals surface area contributed by atoms with E-state index in [1.165, 1.54) is 17.4 Å². The van der Waals surface area contributed by atoms with Gasteiger partial charge in [-0.1, -0.05) is 18.2 Å². The molecule has 0 spiro atoms. The van der Waals surface area contributed by atoms with Gasteiger partial charge in [-0.2, -0.15) is 0 Å². The first-order chi connectivity index (χ1) is 20.6. The summed E-state index contributed by atoms with van der Waals surface area (Å²) in [7, 11) is 0. The summed E-state index contributed by atoms with van der Waals surface area (Å²) in [6.07, 6.45) is 6.52. The summed E-state index contributed by atoms with van der Waals surface area (Å²) in [6.45, 7) is 0.679. The minimum absolute atomic E-state index is 0.0270. The molecule has 43 heavy (non-hydrogen) atoms. The molecule has 3 heterocycles. The molecular weight excluding hydrogens is 556 g/mol. The zero-order valence-electron chi connectivity index (χ0n) is 23.7. The molecule has 3 amide bonds. The first-order valence-electron chi connectivity index (χ1n) is 14.1. The Labute approximate surface area is 247 Å². The molecule has 2 aromatic heterocycles. The Morgan fingerprint density at radius 1 is 1.12 bits per heavy atom. The van der Waals surface area contributed by atoms with Crippen molar-refractivity contribution >= 4 is 40.6 Å². The van der Waals surface area contributed by atoms with Gasteiger partial charge in [-0.3, -0.25) is 19.4 Å². The molecule has 15 nitrogen and oxygen atoms in total. The van der Waals surface area contributed by atoms with E-state index in [0.29, 0.717) is 44.5 Å². The first kappa shape index (κ1) is 31.0. The summed E-state index contributed by atoms with van der Waals surface area (Å²) in [5, 5.41) is 16.0. The van der Waals surface area contributed by atoms with E-state index in [1.54, 1.807) is 6.20 Å². The van der Waals surface area contributed by atoms with E-state index in [9.17, 15) is 24.3 Å². The van der Waals surface area contributed by atoms with Crippen molar-refractivity contribution in [2.24, 2.45) is 22.2 Å². The number of carbonyl (C=O) groups is 4. The Bertz CT molecular complexity index is 1450. The van der Waals surface area contributed by atoms with E-state index in [-0.39, 0.29) is 24.7 Å². The molecule has 1 fully saturated rings. The fraction of sp³-hybridized carbons (Fsp3) is 0.429. The van der Waals surface area contributed by atoms with Crippen molar-refractivity contribution in [1.29, 1.82) is 0 Å². The van der Waals surface area contributed by atoms with Gasteiger partial charge < -0.3 is 47.8 Å². The van der Waals surface area contributed by atoms with Crippen LogP contribution in [0.2, 0.25) is 0 Å². The molecule has 1 aromatic carbocycles. The lowest BCUT2D eigenvalue weighted by Gasteiger charge is -2.28. The largest absolute Gasteiger partial charge is 0.480 e. The third-order valence-electron chi connectivity index (χ3n) is 7.45. The van der Waals surface area contributed by atoms with Gasteiger partial charge in [-0.15, -0.1) is 0 Å². The molecule has 4 unspecified atom stereocenters. The standard InChI is InChI=1S/C28H38N10O5/c29-19(6-3-9-33-28(30)31)26(41)38-10-4-8-23(38)25(40)36-21(11-16-13-34-20-7-2-1-5-18(16)20)24(39)37-22(27(42)43)12-17-14-32-15-35-17/h1-2,5,7,13-15,19,21-23,34H,3-4,6,8-12,29H2,(H,32,35)(H,36,40)(H,37,39)(H,42,43)(H4,30,31,33). The molecule has 15 heteroatoms. The highest BCUT2D eigenvalue weighted by atomic mass is 16.4. The predicted molar refractivity (Wildman–Crippen MR) is 158 cm³/mol. The van der Waals surface area contributed by atoms with Crippen molar-refractivity contribution < 1.29 is 24.3 Å². The van der Waals surface area contributed by atoms with Crippen LogP contribution in [0.25, 0.3) is 10.9 Å². The predicted octanol–water partition coefficient (Wildman–Crippen LogP) is -0.898. The highest BCUT2D eigenvalue weighted by Crippen LogP contribution is 2.22. The number of para-hydroxylation sites is 1. The number of H-pyrrole nitrogens is 2. The number of aromatic amines is 2. The van der Waals surface area contributed by atoms with Crippen molar-refractivity contribution in [3.63, 3.8) is 0 Å². The number of carboxylic acids is 1. The number of carbonyl (C=O) groups excluding carboxylic acids is 3. The van der Waals surface area contributed by atoms with Gasteiger partial charge in [-0.25, -0.2) is 9.78 Å². The number of aliphatic carboxylic acids is 1. The summed E-state index contributed by atoms with van der Waals surface area (Å²) >= 11 is 0. The van der Waals surface area contributed by atoms with Crippen LogP contribution < -0.4 is 27.8 Å². The van der Waals surface area contributed by atoms with Gasteiger partial charge in [0, 0.05) is 54.9 Å². The van der Waals surface area contributed by atoms with E-state index in [0.717, 1.165) is 16.5 Å². The first-order valence-corrected chi connectivity index (χ1v) is 14.1. The third-order valence-corrected chi connectivity index (χ3v) is 7.45. The monoisotopic (exact) mass is 594 g/mol. The summed E-state index contributed by atoms with van der Waals surface area (Å²) in [4.78, 5) is 67.5. The topological polar surface area (TPSA) is 251 Å².